The van der Waals surface area contributed by atoms with Gasteiger partial charge in [-0.1, -0.05) is 6.07 Å². The molecule has 0 spiro atoms. The number of alkyl halides is 2. The monoisotopic (exact) mass is 416 g/mol. The number of nitrogens with zero attached hydrogens (tertiary/aromatic N) is 2. The number of halogens is 2. The molecule has 0 fully saturated rings. The van der Waals surface area contributed by atoms with Crippen LogP contribution in [0.25, 0.3) is 11.5 Å². The molecule has 0 radical (unpaired) electrons. The molecule has 6 nitrogen and oxygen atoms in total. The van der Waals surface area contributed by atoms with Gasteiger partial charge in [-0.05, 0) is 50.6 Å². The lowest BCUT2D eigenvalue weighted by Gasteiger charge is -2.15. The normalized spacial score (nSPS) is 11.2. The van der Waals surface area contributed by atoms with E-state index < -0.39 is 6.61 Å². The summed E-state index contributed by atoms with van der Waals surface area (Å²) < 4.78 is 40.8. The summed E-state index contributed by atoms with van der Waals surface area (Å²) in [5.41, 5.74) is 2.68. The molecule has 0 atom stereocenters. The topological polar surface area (TPSA) is 74.5 Å². The first-order chi connectivity index (χ1) is 14.3. The average Bonchev–Trinajstić information content (AvgIpc) is 3.12. The molecule has 0 saturated heterocycles. The van der Waals surface area contributed by atoms with Gasteiger partial charge in [0.05, 0.1) is 23.9 Å². The molecule has 0 aliphatic heterocycles. The smallest absolute Gasteiger partial charge is 0.387 e. The van der Waals surface area contributed by atoms with Gasteiger partial charge in [0.25, 0.3) is 0 Å². The van der Waals surface area contributed by atoms with Crippen molar-refractivity contribution in [3.8, 4) is 23.0 Å². The zero-order chi connectivity index (χ0) is 21.7. The fraction of sp³-hybridized carbons (Fsp3) is 0.318. The van der Waals surface area contributed by atoms with Gasteiger partial charge in [0.1, 0.15) is 12.0 Å². The number of benzene rings is 1. The van der Waals surface area contributed by atoms with Crippen LogP contribution in [0.1, 0.15) is 30.8 Å². The Hall–Kier alpha value is -3.29. The quantitative estimate of drug-likeness (QED) is 0.499. The van der Waals surface area contributed by atoms with Crippen molar-refractivity contribution in [2.75, 3.05) is 0 Å². The number of carbonyl (C=O) groups is 1. The molecule has 3 aromatic rings. The summed E-state index contributed by atoms with van der Waals surface area (Å²) in [6.45, 7) is 2.49. The molecule has 0 aliphatic carbocycles. The zero-order valence-electron chi connectivity index (χ0n) is 16.9. The molecule has 0 saturated carbocycles. The molecule has 8 heteroatoms. The molecule has 3 rings (SSSR count). The number of carbonyl (C=O) groups excluding carboxylic acids is 1. The Morgan fingerprint density at radius 1 is 1.13 bits per heavy atom. The van der Waals surface area contributed by atoms with Crippen LogP contribution in [-0.4, -0.2) is 28.5 Å². The van der Waals surface area contributed by atoms with E-state index in [0.29, 0.717) is 11.3 Å². The van der Waals surface area contributed by atoms with Gasteiger partial charge in [0.15, 0.2) is 11.5 Å². The fourth-order valence-electron chi connectivity index (χ4n) is 2.86. The summed E-state index contributed by atoms with van der Waals surface area (Å²) in [4.78, 5) is 20.9. The summed E-state index contributed by atoms with van der Waals surface area (Å²) in [6, 6.07) is 8.16. The van der Waals surface area contributed by atoms with Crippen LogP contribution in [0.4, 0.5) is 8.78 Å². The Kier molecular flexibility index (Phi) is 6.76. The number of hydrogen-bond donors (Lipinski definition) is 0. The lowest BCUT2D eigenvalue weighted by molar-refractivity contribution is -0.117. The van der Waals surface area contributed by atoms with Gasteiger partial charge in [-0.2, -0.15) is 8.78 Å². The van der Waals surface area contributed by atoms with Gasteiger partial charge in [-0.15, -0.1) is 0 Å². The Morgan fingerprint density at radius 3 is 2.63 bits per heavy atom. The van der Waals surface area contributed by atoms with E-state index in [1.165, 1.54) is 18.4 Å². The number of ether oxygens (including phenoxy) is 2. The Morgan fingerprint density at radius 2 is 1.93 bits per heavy atom. The molecule has 0 unspecified atom stereocenters. The van der Waals surface area contributed by atoms with Crippen molar-refractivity contribution in [3.63, 3.8) is 0 Å². The van der Waals surface area contributed by atoms with Crippen molar-refractivity contribution in [2.45, 2.75) is 46.3 Å². The Balaban J connectivity index is 1.74. The lowest BCUT2D eigenvalue weighted by Crippen LogP contribution is -2.09. The molecule has 0 bridgehead atoms. The predicted octanol–water partition coefficient (Wildman–Crippen LogP) is 4.79. The highest BCUT2D eigenvalue weighted by Crippen LogP contribution is 2.34. The molecule has 0 amide bonds. The second kappa shape index (κ2) is 9.47. The number of Topliss-reactive ketones (excluding diaryl/α,β-unsaturated/α-hetero) is 1. The van der Waals surface area contributed by atoms with Gasteiger partial charge in [-0.3, -0.25) is 9.78 Å². The van der Waals surface area contributed by atoms with Crippen molar-refractivity contribution in [1.82, 2.24) is 9.97 Å². The van der Waals surface area contributed by atoms with Gasteiger partial charge in [0.2, 0.25) is 5.89 Å². The van der Waals surface area contributed by atoms with Crippen molar-refractivity contribution < 1.29 is 27.5 Å². The fourth-order valence-corrected chi connectivity index (χ4v) is 2.86. The predicted molar refractivity (Wildman–Crippen MR) is 106 cm³/mol. The van der Waals surface area contributed by atoms with E-state index in [4.69, 9.17) is 9.15 Å². The molecular formula is C22H22F2N2O4. The van der Waals surface area contributed by atoms with E-state index in [0.717, 1.165) is 11.3 Å². The first-order valence-electron chi connectivity index (χ1n) is 9.44. The second-order valence-corrected chi connectivity index (χ2v) is 7.01. The van der Waals surface area contributed by atoms with Crippen LogP contribution in [0.2, 0.25) is 0 Å². The molecule has 2 heterocycles. The van der Waals surface area contributed by atoms with Gasteiger partial charge < -0.3 is 13.9 Å². The second-order valence-electron chi connectivity index (χ2n) is 7.01. The van der Waals surface area contributed by atoms with E-state index in [9.17, 15) is 13.6 Å². The number of aryl methyl sites for hydroxylation is 1. The van der Waals surface area contributed by atoms with Gasteiger partial charge >= 0.3 is 6.61 Å². The molecule has 30 heavy (non-hydrogen) atoms. The summed E-state index contributed by atoms with van der Waals surface area (Å²) in [7, 11) is 0. The van der Waals surface area contributed by atoms with Gasteiger partial charge in [-0.25, -0.2) is 4.98 Å². The number of aromatic nitrogens is 2. The molecule has 1 aromatic carbocycles. The van der Waals surface area contributed by atoms with E-state index in [1.54, 1.807) is 26.1 Å². The third-order valence-electron chi connectivity index (χ3n) is 4.18. The SMILES string of the molecule is Cc1cccnc1CC(=O)Cc1coc(-c2ccc(OC(F)F)c(OC(C)C)c2)n1. The van der Waals surface area contributed by atoms with Crippen LogP contribution < -0.4 is 9.47 Å². The van der Waals surface area contributed by atoms with E-state index in [2.05, 4.69) is 14.7 Å². The number of ketones is 1. The first kappa shape index (κ1) is 21.4. The van der Waals surface area contributed by atoms with Crippen LogP contribution in [0.3, 0.4) is 0 Å². The number of pyridine rings is 1. The number of hydrogen-bond acceptors (Lipinski definition) is 6. The van der Waals surface area contributed by atoms with Crippen molar-refractivity contribution in [3.05, 3.63) is 59.7 Å². The molecule has 0 N–H and O–H groups in total. The minimum Gasteiger partial charge on any atom is -0.487 e. The largest absolute Gasteiger partial charge is 0.487 e. The number of oxazole rings is 1. The number of rotatable bonds is 9. The Labute approximate surface area is 172 Å². The van der Waals surface area contributed by atoms with Crippen LogP contribution in [0, 0.1) is 6.92 Å². The third kappa shape index (κ3) is 5.62. The molecule has 158 valence electrons. The van der Waals surface area contributed by atoms with E-state index in [-0.39, 0.29) is 42.1 Å². The van der Waals surface area contributed by atoms with Crippen LogP contribution >= 0.6 is 0 Å². The van der Waals surface area contributed by atoms with Crippen molar-refractivity contribution in [2.24, 2.45) is 0 Å². The highest BCUT2D eigenvalue weighted by Gasteiger charge is 2.17. The average molecular weight is 416 g/mol. The minimum atomic E-state index is -2.97. The summed E-state index contributed by atoms with van der Waals surface area (Å²) in [5.74, 6) is 0.296. The molecular weight excluding hydrogens is 394 g/mol. The van der Waals surface area contributed by atoms with Crippen LogP contribution in [0.15, 0.2) is 47.2 Å². The third-order valence-corrected chi connectivity index (χ3v) is 4.18. The highest BCUT2D eigenvalue weighted by molar-refractivity contribution is 5.82. The standard InChI is InChI=1S/C22H22F2N2O4/c1-13(2)29-20-9-15(6-7-19(20)30-22(23)24)21-26-16(12-28-21)10-17(27)11-18-14(3)5-4-8-25-18/h4-9,12-13,22H,10-11H2,1-3H3. The lowest BCUT2D eigenvalue weighted by atomic mass is 10.1. The molecule has 0 aliphatic rings. The zero-order valence-corrected chi connectivity index (χ0v) is 16.9. The summed E-state index contributed by atoms with van der Waals surface area (Å²) in [5, 5.41) is 0. The highest BCUT2D eigenvalue weighted by atomic mass is 19.3. The van der Waals surface area contributed by atoms with Gasteiger partial charge in [0, 0.05) is 18.2 Å². The Bertz CT molecular complexity index is 1020. The summed E-state index contributed by atoms with van der Waals surface area (Å²) >= 11 is 0. The minimum absolute atomic E-state index is 0.0406. The van der Waals surface area contributed by atoms with E-state index in [1.807, 2.05) is 19.1 Å². The maximum Gasteiger partial charge on any atom is 0.387 e. The van der Waals surface area contributed by atoms with Crippen LogP contribution in [0.5, 0.6) is 11.5 Å². The maximum absolute atomic E-state index is 12.6. The molecule has 2 aromatic heterocycles. The van der Waals surface area contributed by atoms with Crippen LogP contribution in [-0.2, 0) is 17.6 Å². The summed E-state index contributed by atoms with van der Waals surface area (Å²) in [6.07, 6.45) is 3.13. The van der Waals surface area contributed by atoms with Crippen molar-refractivity contribution in [1.29, 1.82) is 0 Å². The first-order valence-corrected chi connectivity index (χ1v) is 9.44. The maximum atomic E-state index is 12.6. The van der Waals surface area contributed by atoms with Crippen molar-refractivity contribution >= 4 is 5.78 Å². The van der Waals surface area contributed by atoms with E-state index >= 15 is 0 Å².